The first-order valence-corrected chi connectivity index (χ1v) is 6.17. The molecule has 19 heavy (non-hydrogen) atoms. The van der Waals surface area contributed by atoms with Crippen LogP contribution in [0.4, 0.5) is 0 Å². The van der Waals surface area contributed by atoms with E-state index in [1.807, 2.05) is 24.3 Å². The molecule has 0 aliphatic heterocycles. The molecule has 0 fully saturated rings. The Hall–Kier alpha value is -2.10. The lowest BCUT2D eigenvalue weighted by molar-refractivity contribution is -0.145. The first-order valence-electron chi connectivity index (χ1n) is 6.17. The third-order valence-electron chi connectivity index (χ3n) is 2.79. The zero-order valence-electron chi connectivity index (χ0n) is 11.4. The maximum absolute atomic E-state index is 11.6. The van der Waals surface area contributed by atoms with Gasteiger partial charge in [-0.25, -0.2) is 4.79 Å². The standard InChI is InChI=1S/C15H19NO3/c1-4-11-5-7-12(8-6-11)9-10-13(17)16-15(2,3)14(18)19/h5-10H,4H2,1-3H3,(H,16,17)(H,18,19)/b10-9+. The van der Waals surface area contributed by atoms with Crippen LogP contribution in [0.3, 0.4) is 0 Å². The summed E-state index contributed by atoms with van der Waals surface area (Å²) in [6.07, 6.45) is 3.97. The predicted molar refractivity (Wildman–Crippen MR) is 74.7 cm³/mol. The molecular formula is C15H19NO3. The number of carbonyl (C=O) groups excluding carboxylic acids is 1. The van der Waals surface area contributed by atoms with Crippen molar-refractivity contribution in [3.8, 4) is 0 Å². The summed E-state index contributed by atoms with van der Waals surface area (Å²) in [5.74, 6) is -1.49. The molecule has 0 bridgehead atoms. The zero-order chi connectivity index (χ0) is 14.5. The van der Waals surface area contributed by atoms with Crippen LogP contribution in [0, 0.1) is 0 Å². The molecule has 2 N–H and O–H groups in total. The van der Waals surface area contributed by atoms with E-state index in [0.29, 0.717) is 0 Å². The van der Waals surface area contributed by atoms with Crippen molar-refractivity contribution in [1.82, 2.24) is 5.32 Å². The summed E-state index contributed by atoms with van der Waals surface area (Å²) < 4.78 is 0. The molecule has 0 radical (unpaired) electrons. The second kappa shape index (κ2) is 6.18. The maximum Gasteiger partial charge on any atom is 0.328 e. The smallest absolute Gasteiger partial charge is 0.328 e. The van der Waals surface area contributed by atoms with Crippen LogP contribution >= 0.6 is 0 Å². The lowest BCUT2D eigenvalue weighted by atomic mass is 10.1. The van der Waals surface area contributed by atoms with E-state index in [9.17, 15) is 9.59 Å². The summed E-state index contributed by atoms with van der Waals surface area (Å²) in [7, 11) is 0. The Morgan fingerprint density at radius 2 is 1.84 bits per heavy atom. The van der Waals surface area contributed by atoms with Crippen molar-refractivity contribution in [2.24, 2.45) is 0 Å². The Kier molecular flexibility index (Phi) is 4.87. The van der Waals surface area contributed by atoms with Gasteiger partial charge in [0.1, 0.15) is 5.54 Å². The molecule has 0 aliphatic rings. The minimum Gasteiger partial charge on any atom is -0.480 e. The van der Waals surface area contributed by atoms with Crippen LogP contribution < -0.4 is 5.32 Å². The largest absolute Gasteiger partial charge is 0.480 e. The molecule has 102 valence electrons. The number of aliphatic carboxylic acids is 1. The molecule has 0 aromatic heterocycles. The molecule has 0 spiro atoms. The van der Waals surface area contributed by atoms with Gasteiger partial charge in [0.2, 0.25) is 5.91 Å². The topological polar surface area (TPSA) is 66.4 Å². The van der Waals surface area contributed by atoms with Crippen LogP contribution in [-0.2, 0) is 16.0 Å². The lowest BCUT2D eigenvalue weighted by Gasteiger charge is -2.19. The highest BCUT2D eigenvalue weighted by atomic mass is 16.4. The lowest BCUT2D eigenvalue weighted by Crippen LogP contribution is -2.49. The van der Waals surface area contributed by atoms with Gasteiger partial charge in [-0.2, -0.15) is 0 Å². The van der Waals surface area contributed by atoms with Crippen LogP contribution in [-0.4, -0.2) is 22.5 Å². The minimum absolute atomic E-state index is 0.424. The molecule has 0 atom stereocenters. The van der Waals surface area contributed by atoms with Crippen molar-refractivity contribution in [1.29, 1.82) is 0 Å². The summed E-state index contributed by atoms with van der Waals surface area (Å²) >= 11 is 0. The van der Waals surface area contributed by atoms with Gasteiger partial charge in [0.15, 0.2) is 0 Å². The maximum atomic E-state index is 11.6. The van der Waals surface area contributed by atoms with E-state index in [1.54, 1.807) is 6.08 Å². The number of carbonyl (C=O) groups is 2. The number of aryl methyl sites for hydroxylation is 1. The number of benzene rings is 1. The zero-order valence-corrected chi connectivity index (χ0v) is 11.4. The van der Waals surface area contributed by atoms with E-state index < -0.39 is 17.4 Å². The molecule has 1 rings (SSSR count). The highest BCUT2D eigenvalue weighted by Crippen LogP contribution is 2.07. The fourth-order valence-electron chi connectivity index (χ4n) is 1.44. The molecule has 0 unspecified atom stereocenters. The minimum atomic E-state index is -1.27. The summed E-state index contributed by atoms with van der Waals surface area (Å²) in [5.41, 5.74) is 0.863. The molecule has 1 amide bonds. The van der Waals surface area contributed by atoms with Gasteiger partial charge in [-0.05, 0) is 37.5 Å². The fourth-order valence-corrected chi connectivity index (χ4v) is 1.44. The van der Waals surface area contributed by atoms with E-state index in [2.05, 4.69) is 12.2 Å². The average molecular weight is 261 g/mol. The molecule has 4 heteroatoms. The summed E-state index contributed by atoms with van der Waals surface area (Å²) in [5, 5.41) is 11.3. The van der Waals surface area contributed by atoms with Gasteiger partial charge in [0.05, 0.1) is 0 Å². The van der Waals surface area contributed by atoms with Crippen LogP contribution in [0.5, 0.6) is 0 Å². The number of amides is 1. The Morgan fingerprint density at radius 1 is 1.26 bits per heavy atom. The quantitative estimate of drug-likeness (QED) is 0.799. The normalized spacial score (nSPS) is 11.5. The molecular weight excluding hydrogens is 242 g/mol. The van der Waals surface area contributed by atoms with Gasteiger partial charge in [0, 0.05) is 6.08 Å². The molecule has 0 saturated carbocycles. The van der Waals surface area contributed by atoms with Gasteiger partial charge >= 0.3 is 5.97 Å². The van der Waals surface area contributed by atoms with E-state index in [0.717, 1.165) is 12.0 Å². The van der Waals surface area contributed by atoms with Crippen molar-refractivity contribution in [3.63, 3.8) is 0 Å². The van der Waals surface area contributed by atoms with E-state index >= 15 is 0 Å². The second-order valence-electron chi connectivity index (χ2n) is 4.85. The van der Waals surface area contributed by atoms with Crippen molar-refractivity contribution in [2.75, 3.05) is 0 Å². The Bertz CT molecular complexity index is 487. The summed E-state index contributed by atoms with van der Waals surface area (Å²) in [4.78, 5) is 22.5. The van der Waals surface area contributed by atoms with Gasteiger partial charge in [-0.1, -0.05) is 31.2 Å². The van der Waals surface area contributed by atoms with E-state index in [1.165, 1.54) is 25.5 Å². The first-order chi connectivity index (χ1) is 8.85. The Balaban J connectivity index is 2.65. The van der Waals surface area contributed by atoms with Crippen LogP contribution in [0.15, 0.2) is 30.3 Å². The summed E-state index contributed by atoms with van der Waals surface area (Å²) in [6, 6.07) is 7.84. The first kappa shape index (κ1) is 15.0. The number of rotatable bonds is 5. The third-order valence-corrected chi connectivity index (χ3v) is 2.79. The Morgan fingerprint density at radius 3 is 2.32 bits per heavy atom. The molecule has 0 saturated heterocycles. The van der Waals surface area contributed by atoms with E-state index in [-0.39, 0.29) is 0 Å². The van der Waals surface area contributed by atoms with Gasteiger partial charge < -0.3 is 10.4 Å². The summed E-state index contributed by atoms with van der Waals surface area (Å²) in [6.45, 7) is 4.96. The van der Waals surface area contributed by atoms with Gasteiger partial charge in [-0.15, -0.1) is 0 Å². The number of carboxylic acid groups (broad SMARTS) is 1. The Labute approximate surface area is 113 Å². The molecule has 0 aliphatic carbocycles. The van der Waals surface area contributed by atoms with Crippen LogP contribution in [0.25, 0.3) is 6.08 Å². The van der Waals surface area contributed by atoms with Crippen molar-refractivity contribution < 1.29 is 14.7 Å². The average Bonchev–Trinajstić information content (AvgIpc) is 2.36. The monoisotopic (exact) mass is 261 g/mol. The second-order valence-corrected chi connectivity index (χ2v) is 4.85. The molecule has 1 aromatic rings. The van der Waals surface area contributed by atoms with Crippen LogP contribution in [0.1, 0.15) is 31.9 Å². The SMILES string of the molecule is CCc1ccc(/C=C/C(=O)NC(C)(C)C(=O)O)cc1. The van der Waals surface area contributed by atoms with E-state index in [4.69, 9.17) is 5.11 Å². The van der Waals surface area contributed by atoms with Crippen molar-refractivity contribution >= 4 is 18.0 Å². The third kappa shape index (κ3) is 4.58. The van der Waals surface area contributed by atoms with Gasteiger partial charge in [0.25, 0.3) is 0 Å². The number of carboxylic acids is 1. The number of hydrogen-bond donors (Lipinski definition) is 2. The van der Waals surface area contributed by atoms with Crippen molar-refractivity contribution in [3.05, 3.63) is 41.5 Å². The number of hydrogen-bond acceptors (Lipinski definition) is 2. The molecule has 4 nitrogen and oxygen atoms in total. The predicted octanol–water partition coefficient (Wildman–Crippen LogP) is 2.24. The fraction of sp³-hybridized carbons (Fsp3) is 0.333. The highest BCUT2D eigenvalue weighted by Gasteiger charge is 2.27. The number of nitrogens with one attached hydrogen (secondary N) is 1. The molecule has 1 aromatic carbocycles. The van der Waals surface area contributed by atoms with Gasteiger partial charge in [-0.3, -0.25) is 4.79 Å². The van der Waals surface area contributed by atoms with Crippen LogP contribution in [0.2, 0.25) is 0 Å². The van der Waals surface area contributed by atoms with Crippen molar-refractivity contribution in [2.45, 2.75) is 32.7 Å². The highest BCUT2D eigenvalue weighted by molar-refractivity contribution is 5.95. The molecule has 0 heterocycles.